The molecular weight excluding hydrogens is 432 g/mol. The molecular formula is C18H15BrN4O5. The predicted molar refractivity (Wildman–Crippen MR) is 104 cm³/mol. The van der Waals surface area contributed by atoms with E-state index < -0.39 is 22.1 Å². The van der Waals surface area contributed by atoms with Gasteiger partial charge in [-0.2, -0.15) is 4.73 Å². The summed E-state index contributed by atoms with van der Waals surface area (Å²) in [4.78, 5) is 18.9. The summed E-state index contributed by atoms with van der Waals surface area (Å²) in [6.07, 6.45) is 1.45. The highest BCUT2D eigenvalue weighted by atomic mass is 79.9. The fraction of sp³-hybridized carbons (Fsp3) is 0.167. The van der Waals surface area contributed by atoms with Crippen molar-refractivity contribution in [1.29, 1.82) is 0 Å². The number of benzene rings is 1. The highest BCUT2D eigenvalue weighted by Gasteiger charge is 2.24. The number of aromatic hydroxyl groups is 2. The summed E-state index contributed by atoms with van der Waals surface area (Å²) in [7, 11) is 0. The molecule has 9 nitrogen and oxygen atoms in total. The van der Waals surface area contributed by atoms with Gasteiger partial charge in [0, 0.05) is 46.2 Å². The van der Waals surface area contributed by atoms with Crippen LogP contribution in [-0.4, -0.2) is 25.1 Å². The summed E-state index contributed by atoms with van der Waals surface area (Å²) in [5, 5.41) is 43.0. The van der Waals surface area contributed by atoms with E-state index in [0.717, 1.165) is 21.9 Å². The summed E-state index contributed by atoms with van der Waals surface area (Å²) < 4.78 is 0.995. The second kappa shape index (κ2) is 7.04. The molecule has 0 unspecified atom stereocenters. The van der Waals surface area contributed by atoms with Crippen molar-refractivity contribution in [3.63, 3.8) is 0 Å². The first-order valence-electron chi connectivity index (χ1n) is 8.06. The van der Waals surface area contributed by atoms with E-state index in [1.54, 1.807) is 6.92 Å². The third-order valence-corrected chi connectivity index (χ3v) is 5.33. The summed E-state index contributed by atoms with van der Waals surface area (Å²) in [6, 6.07) is 3.79. The SMILES string of the molecule is Cc1c(C)c(C)[n+]([O-])c(Br)c1-c1nccc(-c2cc(O)c(O)c([N+](=O)[O-])c2)n1. The Labute approximate surface area is 167 Å². The van der Waals surface area contributed by atoms with E-state index in [2.05, 4.69) is 25.9 Å². The second-order valence-corrected chi connectivity index (χ2v) is 6.93. The van der Waals surface area contributed by atoms with Gasteiger partial charge in [0.05, 0.1) is 10.6 Å². The predicted octanol–water partition coefficient (Wildman–Crippen LogP) is 3.45. The van der Waals surface area contributed by atoms with Crippen LogP contribution in [-0.2, 0) is 0 Å². The molecule has 3 aromatic rings. The zero-order valence-corrected chi connectivity index (χ0v) is 16.7. The van der Waals surface area contributed by atoms with Crippen molar-refractivity contribution in [2.75, 3.05) is 0 Å². The van der Waals surface area contributed by atoms with Crippen molar-refractivity contribution in [1.82, 2.24) is 9.97 Å². The molecule has 0 aliphatic heterocycles. The van der Waals surface area contributed by atoms with Crippen LogP contribution in [0.4, 0.5) is 5.69 Å². The van der Waals surface area contributed by atoms with Crippen LogP contribution < -0.4 is 4.73 Å². The molecule has 1 aromatic carbocycles. The Kier molecular flexibility index (Phi) is 4.90. The van der Waals surface area contributed by atoms with Gasteiger partial charge in [-0.3, -0.25) is 10.1 Å². The maximum absolute atomic E-state index is 12.4. The number of phenolic OH excluding ortho intramolecular Hbond substituents is 2. The molecule has 0 saturated carbocycles. The fourth-order valence-corrected chi connectivity index (χ4v) is 3.55. The smallest absolute Gasteiger partial charge is 0.315 e. The van der Waals surface area contributed by atoms with Crippen LogP contribution in [0.3, 0.4) is 0 Å². The summed E-state index contributed by atoms with van der Waals surface area (Å²) >= 11 is 3.29. The lowest BCUT2D eigenvalue weighted by molar-refractivity contribution is -0.623. The lowest BCUT2D eigenvalue weighted by Gasteiger charge is -2.14. The normalized spacial score (nSPS) is 10.9. The molecule has 0 aliphatic rings. The van der Waals surface area contributed by atoms with Crippen molar-refractivity contribution in [3.05, 3.63) is 61.1 Å². The van der Waals surface area contributed by atoms with Crippen LogP contribution in [0, 0.1) is 36.1 Å². The summed E-state index contributed by atoms with van der Waals surface area (Å²) in [5.74, 6) is -1.21. The van der Waals surface area contributed by atoms with Gasteiger partial charge < -0.3 is 15.4 Å². The van der Waals surface area contributed by atoms with E-state index in [1.807, 2.05) is 13.8 Å². The first kappa shape index (κ1) is 19.5. The monoisotopic (exact) mass is 446 g/mol. The molecule has 0 spiro atoms. The molecule has 0 atom stereocenters. The van der Waals surface area contributed by atoms with E-state index in [4.69, 9.17) is 0 Å². The van der Waals surface area contributed by atoms with Crippen LogP contribution in [0.1, 0.15) is 16.8 Å². The van der Waals surface area contributed by atoms with E-state index in [9.17, 15) is 25.5 Å². The Morgan fingerprint density at radius 3 is 2.50 bits per heavy atom. The first-order chi connectivity index (χ1) is 13.1. The van der Waals surface area contributed by atoms with Gasteiger partial charge in [0.2, 0.25) is 5.75 Å². The molecule has 3 rings (SSSR count). The number of hydrogen-bond acceptors (Lipinski definition) is 7. The van der Waals surface area contributed by atoms with Crippen LogP contribution in [0.2, 0.25) is 0 Å². The van der Waals surface area contributed by atoms with Gasteiger partial charge in [0.25, 0.3) is 4.60 Å². The molecule has 2 N–H and O–H groups in total. The van der Waals surface area contributed by atoms with Crippen molar-refractivity contribution < 1.29 is 19.9 Å². The van der Waals surface area contributed by atoms with Crippen LogP contribution in [0.15, 0.2) is 29.0 Å². The second-order valence-electron chi connectivity index (χ2n) is 6.18. The van der Waals surface area contributed by atoms with Crippen molar-refractivity contribution in [2.24, 2.45) is 0 Å². The molecule has 0 bridgehead atoms. The van der Waals surface area contributed by atoms with Gasteiger partial charge in [0.15, 0.2) is 17.3 Å². The molecule has 0 radical (unpaired) electrons. The number of halogens is 1. The van der Waals surface area contributed by atoms with Crippen LogP contribution in [0.25, 0.3) is 22.6 Å². The number of nitro benzene ring substituents is 1. The highest BCUT2D eigenvalue weighted by Crippen LogP contribution is 2.39. The van der Waals surface area contributed by atoms with Gasteiger partial charge in [-0.25, -0.2) is 9.97 Å². The topological polar surface area (TPSA) is 136 Å². The third-order valence-electron chi connectivity index (χ3n) is 4.61. The molecule has 0 saturated heterocycles. The van der Waals surface area contributed by atoms with Crippen molar-refractivity contribution in [3.8, 4) is 34.1 Å². The molecule has 0 fully saturated rings. The average Bonchev–Trinajstić information content (AvgIpc) is 2.67. The van der Waals surface area contributed by atoms with Gasteiger partial charge in [-0.1, -0.05) is 0 Å². The zero-order valence-electron chi connectivity index (χ0n) is 15.1. The van der Waals surface area contributed by atoms with Gasteiger partial charge >= 0.3 is 5.69 Å². The number of rotatable bonds is 3. The number of hydrogen-bond donors (Lipinski definition) is 2. The lowest BCUT2D eigenvalue weighted by atomic mass is 10.0. The average molecular weight is 447 g/mol. The molecule has 28 heavy (non-hydrogen) atoms. The van der Waals surface area contributed by atoms with E-state index >= 15 is 0 Å². The van der Waals surface area contributed by atoms with Crippen molar-refractivity contribution in [2.45, 2.75) is 20.8 Å². The number of phenols is 2. The Morgan fingerprint density at radius 1 is 1.18 bits per heavy atom. The number of nitro groups is 1. The fourth-order valence-electron chi connectivity index (χ4n) is 2.81. The Morgan fingerprint density at radius 2 is 1.86 bits per heavy atom. The Bertz CT molecular complexity index is 1100. The largest absolute Gasteiger partial charge is 0.618 e. The quantitative estimate of drug-likeness (QED) is 0.157. The zero-order chi connectivity index (χ0) is 20.7. The molecule has 2 heterocycles. The van der Waals surface area contributed by atoms with Gasteiger partial charge in [0.1, 0.15) is 5.56 Å². The molecule has 2 aromatic heterocycles. The van der Waals surface area contributed by atoms with Crippen LogP contribution >= 0.6 is 15.9 Å². The number of aromatic nitrogens is 3. The number of pyridine rings is 1. The first-order valence-corrected chi connectivity index (χ1v) is 8.85. The van der Waals surface area contributed by atoms with E-state index in [-0.39, 0.29) is 21.7 Å². The molecule has 0 aliphatic carbocycles. The minimum absolute atomic E-state index is 0.221. The minimum atomic E-state index is -0.817. The summed E-state index contributed by atoms with van der Waals surface area (Å²) in [5.41, 5.74) is 2.51. The highest BCUT2D eigenvalue weighted by molar-refractivity contribution is 9.10. The van der Waals surface area contributed by atoms with E-state index in [1.165, 1.54) is 18.3 Å². The minimum Gasteiger partial charge on any atom is -0.618 e. The molecule has 144 valence electrons. The van der Waals surface area contributed by atoms with Crippen LogP contribution in [0.5, 0.6) is 11.5 Å². The lowest BCUT2D eigenvalue weighted by Crippen LogP contribution is -2.34. The van der Waals surface area contributed by atoms with E-state index in [0.29, 0.717) is 11.3 Å². The third kappa shape index (κ3) is 3.11. The Balaban J connectivity index is 2.23. The standard InChI is InChI=1S/C18H15BrN4O5/c1-8-9(2)15(17(19)22(26)10(8)3)18-20-5-4-12(21-18)11-6-13(23(27)28)16(25)14(24)7-11/h4-7,24-25H,1-3H3. The molecule has 10 heteroatoms. The maximum atomic E-state index is 12.4. The van der Waals surface area contributed by atoms with Gasteiger partial charge in [-0.05, 0) is 31.5 Å². The Hall–Kier alpha value is -3.27. The maximum Gasteiger partial charge on any atom is 0.315 e. The van der Waals surface area contributed by atoms with Gasteiger partial charge in [-0.15, -0.1) is 0 Å². The summed E-state index contributed by atoms with van der Waals surface area (Å²) in [6.45, 7) is 5.37. The number of nitrogens with zero attached hydrogens (tertiary/aromatic N) is 4. The van der Waals surface area contributed by atoms with Crippen molar-refractivity contribution >= 4 is 21.6 Å². The molecule has 0 amide bonds.